The zero-order valence-corrected chi connectivity index (χ0v) is 16.8. The lowest BCUT2D eigenvalue weighted by Gasteiger charge is -2.34. The van der Waals surface area contributed by atoms with Gasteiger partial charge in [0, 0.05) is 0 Å². The lowest BCUT2D eigenvalue weighted by molar-refractivity contribution is -0.133. The summed E-state index contributed by atoms with van der Waals surface area (Å²) in [7, 11) is 1.30. The van der Waals surface area contributed by atoms with E-state index in [4.69, 9.17) is 4.74 Å². The quantitative estimate of drug-likeness (QED) is 0.533. The van der Waals surface area contributed by atoms with Gasteiger partial charge in [-0.05, 0) is 55.9 Å². The predicted octanol–water partition coefficient (Wildman–Crippen LogP) is 2.10. The molecule has 2 aliphatic rings. The van der Waals surface area contributed by atoms with Gasteiger partial charge in [-0.15, -0.1) is 0 Å². The number of aliphatic hydroxyl groups is 1. The second-order valence-corrected chi connectivity index (χ2v) is 7.76. The molecule has 0 unspecified atom stereocenters. The highest BCUT2D eigenvalue weighted by molar-refractivity contribution is 6.07. The van der Waals surface area contributed by atoms with E-state index < -0.39 is 23.6 Å². The Hall–Kier alpha value is -2.61. The third-order valence-electron chi connectivity index (χ3n) is 5.89. The van der Waals surface area contributed by atoms with Crippen LogP contribution in [0.5, 0.6) is 5.75 Å². The normalized spacial score (nSPS) is 25.1. The van der Waals surface area contributed by atoms with Crippen molar-refractivity contribution in [3.05, 3.63) is 29.8 Å². The average Bonchev–Trinajstić information content (AvgIpc) is 2.96. The standard InChI is InChI=1S/C21H28N2O6/c1-3-14-8-10-21(11-9-14)19(26)23(20(27)22-21)12-16(24)13-29-17-6-4-15(5-7-17)18(25)28-2/h4-7,14,16,24H,3,8-13H2,1-2H3,(H,22,27)/t14?,16-,21?/m0/s1. The van der Waals surface area contributed by atoms with Crippen LogP contribution in [0.4, 0.5) is 4.79 Å². The van der Waals surface area contributed by atoms with Gasteiger partial charge in [-0.3, -0.25) is 9.69 Å². The number of hydrogen-bond donors (Lipinski definition) is 2. The van der Waals surface area contributed by atoms with Crippen LogP contribution in [0.1, 0.15) is 49.4 Å². The molecule has 1 spiro atoms. The lowest BCUT2D eigenvalue weighted by atomic mass is 9.75. The highest BCUT2D eigenvalue weighted by atomic mass is 16.5. The first-order chi connectivity index (χ1) is 13.9. The monoisotopic (exact) mass is 404 g/mol. The largest absolute Gasteiger partial charge is 0.491 e. The minimum atomic E-state index is -1.02. The molecule has 1 aromatic rings. The Morgan fingerprint density at radius 3 is 2.52 bits per heavy atom. The summed E-state index contributed by atoms with van der Waals surface area (Å²) < 4.78 is 10.1. The van der Waals surface area contributed by atoms with Gasteiger partial charge in [-0.25, -0.2) is 9.59 Å². The zero-order valence-electron chi connectivity index (χ0n) is 16.8. The predicted molar refractivity (Wildman–Crippen MR) is 105 cm³/mol. The SMILES string of the molecule is CCC1CCC2(CC1)NC(=O)N(C[C@H](O)COc1ccc(C(=O)OC)cc1)C2=O. The van der Waals surface area contributed by atoms with Gasteiger partial charge in [-0.1, -0.05) is 13.3 Å². The summed E-state index contributed by atoms with van der Waals surface area (Å²) in [6.45, 7) is 1.94. The maximum atomic E-state index is 12.9. The fourth-order valence-corrected chi connectivity index (χ4v) is 4.02. The van der Waals surface area contributed by atoms with Crippen molar-refractivity contribution in [3.8, 4) is 5.75 Å². The highest BCUT2D eigenvalue weighted by Gasteiger charge is 2.52. The van der Waals surface area contributed by atoms with Crippen LogP contribution >= 0.6 is 0 Å². The first-order valence-electron chi connectivity index (χ1n) is 10.0. The molecule has 0 aromatic heterocycles. The maximum absolute atomic E-state index is 12.9. The number of esters is 1. The van der Waals surface area contributed by atoms with Gasteiger partial charge in [0.05, 0.1) is 19.2 Å². The molecule has 1 aromatic carbocycles. The van der Waals surface area contributed by atoms with Crippen LogP contribution in [0.25, 0.3) is 0 Å². The summed E-state index contributed by atoms with van der Waals surface area (Å²) in [4.78, 5) is 37.7. The summed E-state index contributed by atoms with van der Waals surface area (Å²) >= 11 is 0. The third-order valence-corrected chi connectivity index (χ3v) is 5.89. The fraction of sp³-hybridized carbons (Fsp3) is 0.571. The fourth-order valence-electron chi connectivity index (χ4n) is 4.02. The number of carbonyl (C=O) groups is 3. The number of amides is 3. The van der Waals surface area contributed by atoms with Crippen LogP contribution < -0.4 is 10.1 Å². The van der Waals surface area contributed by atoms with Crippen LogP contribution in [-0.4, -0.2) is 59.8 Å². The summed E-state index contributed by atoms with van der Waals surface area (Å²) in [5.74, 6) is 0.364. The van der Waals surface area contributed by atoms with Crippen molar-refractivity contribution in [2.45, 2.75) is 50.7 Å². The smallest absolute Gasteiger partial charge is 0.337 e. The summed E-state index contributed by atoms with van der Waals surface area (Å²) in [6, 6.07) is 5.84. The van der Waals surface area contributed by atoms with E-state index in [1.54, 1.807) is 24.3 Å². The number of rotatable bonds is 7. The summed E-state index contributed by atoms with van der Waals surface area (Å²) in [5.41, 5.74) is -0.421. The Kier molecular flexibility index (Phi) is 6.42. The van der Waals surface area contributed by atoms with Crippen molar-refractivity contribution in [3.63, 3.8) is 0 Å². The minimum Gasteiger partial charge on any atom is -0.491 e. The van der Waals surface area contributed by atoms with E-state index in [-0.39, 0.29) is 19.1 Å². The lowest BCUT2D eigenvalue weighted by Crippen LogP contribution is -2.50. The number of benzene rings is 1. The van der Waals surface area contributed by atoms with E-state index in [9.17, 15) is 19.5 Å². The maximum Gasteiger partial charge on any atom is 0.337 e. The number of hydrogen-bond acceptors (Lipinski definition) is 6. The molecule has 1 saturated carbocycles. The van der Waals surface area contributed by atoms with Crippen LogP contribution in [0.2, 0.25) is 0 Å². The third kappa shape index (κ3) is 4.53. The Bertz CT molecular complexity index is 755. The second-order valence-electron chi connectivity index (χ2n) is 7.76. The van der Waals surface area contributed by atoms with Gasteiger partial charge < -0.3 is 19.9 Å². The first kappa shape index (κ1) is 21.1. The van der Waals surface area contributed by atoms with E-state index in [1.807, 2.05) is 0 Å². The number of urea groups is 1. The minimum absolute atomic E-state index is 0.0838. The van der Waals surface area contributed by atoms with Gasteiger partial charge in [-0.2, -0.15) is 0 Å². The van der Waals surface area contributed by atoms with Crippen molar-refractivity contribution in [1.82, 2.24) is 10.2 Å². The van der Waals surface area contributed by atoms with Crippen LogP contribution in [-0.2, 0) is 9.53 Å². The highest BCUT2D eigenvalue weighted by Crippen LogP contribution is 2.37. The number of nitrogens with zero attached hydrogens (tertiary/aromatic N) is 1. The number of nitrogens with one attached hydrogen (secondary N) is 1. The van der Waals surface area contributed by atoms with Crippen molar-refractivity contribution in [2.75, 3.05) is 20.3 Å². The molecule has 1 aliphatic carbocycles. The molecule has 1 aliphatic heterocycles. The second kappa shape index (κ2) is 8.82. The molecule has 158 valence electrons. The molecular formula is C21H28N2O6. The molecule has 2 fully saturated rings. The number of aliphatic hydroxyl groups excluding tert-OH is 1. The molecule has 0 radical (unpaired) electrons. The molecule has 1 heterocycles. The molecule has 29 heavy (non-hydrogen) atoms. The zero-order chi connectivity index (χ0) is 21.0. The Balaban J connectivity index is 1.52. The molecule has 1 saturated heterocycles. The van der Waals surface area contributed by atoms with E-state index in [2.05, 4.69) is 17.0 Å². The van der Waals surface area contributed by atoms with Crippen LogP contribution in [0.15, 0.2) is 24.3 Å². The van der Waals surface area contributed by atoms with Gasteiger partial charge in [0.25, 0.3) is 5.91 Å². The summed E-state index contributed by atoms with van der Waals surface area (Å²) in [6.07, 6.45) is 3.19. The first-order valence-corrected chi connectivity index (χ1v) is 10.0. The van der Waals surface area contributed by atoms with Crippen molar-refractivity contribution < 1.29 is 29.0 Å². The molecular weight excluding hydrogens is 376 g/mol. The van der Waals surface area contributed by atoms with E-state index in [1.165, 1.54) is 7.11 Å². The molecule has 3 rings (SSSR count). The molecule has 1 atom stereocenters. The van der Waals surface area contributed by atoms with Crippen molar-refractivity contribution >= 4 is 17.9 Å². The van der Waals surface area contributed by atoms with E-state index >= 15 is 0 Å². The number of methoxy groups -OCH3 is 1. The van der Waals surface area contributed by atoms with E-state index in [0.29, 0.717) is 30.1 Å². The molecule has 2 N–H and O–H groups in total. The Morgan fingerprint density at radius 2 is 1.93 bits per heavy atom. The number of imide groups is 1. The number of carbonyl (C=O) groups excluding carboxylic acids is 3. The molecule has 8 nitrogen and oxygen atoms in total. The van der Waals surface area contributed by atoms with Crippen LogP contribution in [0, 0.1) is 5.92 Å². The average molecular weight is 404 g/mol. The van der Waals surface area contributed by atoms with Gasteiger partial charge in [0.2, 0.25) is 0 Å². The van der Waals surface area contributed by atoms with Crippen molar-refractivity contribution in [1.29, 1.82) is 0 Å². The Labute approximate surface area is 170 Å². The van der Waals surface area contributed by atoms with Gasteiger partial charge >= 0.3 is 12.0 Å². The summed E-state index contributed by atoms with van der Waals surface area (Å²) in [5, 5.41) is 13.1. The molecule has 3 amide bonds. The number of ether oxygens (including phenoxy) is 2. The Morgan fingerprint density at radius 1 is 1.28 bits per heavy atom. The van der Waals surface area contributed by atoms with Crippen LogP contribution in [0.3, 0.4) is 0 Å². The van der Waals surface area contributed by atoms with Gasteiger partial charge in [0.1, 0.15) is 24.0 Å². The topological polar surface area (TPSA) is 105 Å². The van der Waals surface area contributed by atoms with Crippen molar-refractivity contribution in [2.24, 2.45) is 5.92 Å². The number of β-amino-alcohol motifs (C(OH)–C–C–N with tert-alkyl or cyclic N) is 1. The molecule has 0 bridgehead atoms. The molecule has 8 heteroatoms. The van der Waals surface area contributed by atoms with E-state index in [0.717, 1.165) is 24.2 Å². The van der Waals surface area contributed by atoms with Gasteiger partial charge in [0.15, 0.2) is 0 Å².